The highest BCUT2D eigenvalue weighted by atomic mass is 32.1. The van der Waals surface area contributed by atoms with Gasteiger partial charge in [0, 0.05) is 11.3 Å². The molecule has 1 aliphatic heterocycles. The quantitative estimate of drug-likeness (QED) is 0.802. The lowest BCUT2D eigenvalue weighted by molar-refractivity contribution is -0.122. The predicted molar refractivity (Wildman–Crippen MR) is 100 cm³/mol. The number of hydrogen-bond donors (Lipinski definition) is 2. The van der Waals surface area contributed by atoms with Crippen molar-refractivity contribution in [2.45, 2.75) is 38.6 Å². The fraction of sp³-hybridized carbons (Fsp3) is 0.450. The van der Waals surface area contributed by atoms with E-state index in [9.17, 15) is 4.79 Å². The number of thiophene rings is 1. The molecule has 4 heteroatoms. The minimum atomic E-state index is 0.0709. The normalized spacial score (nSPS) is 18.5. The van der Waals surface area contributed by atoms with Crippen LogP contribution >= 0.6 is 11.3 Å². The van der Waals surface area contributed by atoms with E-state index in [1.165, 1.54) is 22.4 Å². The monoisotopic (exact) mass is 342 g/mol. The molecule has 0 radical (unpaired) electrons. The molecular formula is C20H26N2OS. The van der Waals surface area contributed by atoms with Crippen LogP contribution in [0.3, 0.4) is 0 Å². The van der Waals surface area contributed by atoms with E-state index in [1.807, 2.05) is 6.07 Å². The maximum Gasteiger partial charge on any atom is 0.220 e. The van der Waals surface area contributed by atoms with Gasteiger partial charge in [-0.15, -0.1) is 11.3 Å². The van der Waals surface area contributed by atoms with E-state index in [1.54, 1.807) is 11.3 Å². The van der Waals surface area contributed by atoms with Crippen LogP contribution in [-0.4, -0.2) is 19.0 Å². The van der Waals surface area contributed by atoms with Crippen molar-refractivity contribution in [1.29, 1.82) is 0 Å². The summed E-state index contributed by atoms with van der Waals surface area (Å²) >= 11 is 1.74. The van der Waals surface area contributed by atoms with E-state index >= 15 is 0 Å². The molecule has 128 valence electrons. The highest BCUT2D eigenvalue weighted by Crippen LogP contribution is 2.27. The summed E-state index contributed by atoms with van der Waals surface area (Å²) in [5, 5.41) is 8.76. The lowest BCUT2D eigenvalue weighted by Crippen LogP contribution is -2.30. The Labute approximate surface area is 148 Å². The summed E-state index contributed by atoms with van der Waals surface area (Å²) in [6.07, 6.45) is 3.66. The molecule has 2 aromatic rings. The Hall–Kier alpha value is -1.65. The second-order valence-corrected chi connectivity index (χ2v) is 7.62. The molecule has 0 bridgehead atoms. The van der Waals surface area contributed by atoms with Crippen molar-refractivity contribution in [1.82, 2.24) is 10.6 Å². The van der Waals surface area contributed by atoms with E-state index in [4.69, 9.17) is 0 Å². The number of aryl methyl sites for hydroxylation is 1. The molecule has 3 nitrogen and oxygen atoms in total. The minimum Gasteiger partial charge on any atom is -0.348 e. The number of hydrogen-bond acceptors (Lipinski definition) is 3. The summed E-state index contributed by atoms with van der Waals surface area (Å²) in [7, 11) is 0. The zero-order valence-corrected chi connectivity index (χ0v) is 15.1. The lowest BCUT2D eigenvalue weighted by atomic mass is 10.0. The van der Waals surface area contributed by atoms with Crippen LogP contribution in [0.15, 0.2) is 41.8 Å². The molecule has 1 aromatic heterocycles. The molecule has 1 saturated heterocycles. The summed E-state index contributed by atoms with van der Waals surface area (Å²) in [6, 6.07) is 12.6. The molecule has 2 N–H and O–H groups in total. The number of rotatable bonds is 7. The molecular weight excluding hydrogens is 316 g/mol. The van der Waals surface area contributed by atoms with Crippen LogP contribution in [0.25, 0.3) is 0 Å². The first-order valence-corrected chi connectivity index (χ1v) is 9.68. The van der Waals surface area contributed by atoms with Crippen molar-refractivity contribution in [3.05, 3.63) is 57.8 Å². The Bertz CT molecular complexity index is 647. The molecule has 3 rings (SSSR count). The standard InChI is InChI=1S/C20H26N2OS/c1-15-10-12-24-20(15)18(13-16-5-3-2-4-6-16)22-19(23)8-7-17-9-11-21-14-17/h2-6,10,12,17-18,21H,7-9,11,13-14H2,1H3,(H,22,23). The lowest BCUT2D eigenvalue weighted by Gasteiger charge is -2.19. The van der Waals surface area contributed by atoms with Gasteiger partial charge in [0.25, 0.3) is 0 Å². The summed E-state index contributed by atoms with van der Waals surface area (Å²) < 4.78 is 0. The van der Waals surface area contributed by atoms with Gasteiger partial charge in [0.05, 0.1) is 6.04 Å². The van der Waals surface area contributed by atoms with Crippen LogP contribution < -0.4 is 10.6 Å². The van der Waals surface area contributed by atoms with Gasteiger partial charge in [-0.05, 0) is 67.8 Å². The van der Waals surface area contributed by atoms with E-state index in [0.717, 1.165) is 25.9 Å². The molecule has 0 aliphatic carbocycles. The highest BCUT2D eigenvalue weighted by Gasteiger charge is 2.20. The first kappa shape index (κ1) is 17.2. The van der Waals surface area contributed by atoms with Crippen molar-refractivity contribution in [2.75, 3.05) is 13.1 Å². The van der Waals surface area contributed by atoms with Crippen molar-refractivity contribution < 1.29 is 4.79 Å². The minimum absolute atomic E-state index is 0.0709. The van der Waals surface area contributed by atoms with Gasteiger partial charge in [0.1, 0.15) is 0 Å². The van der Waals surface area contributed by atoms with Gasteiger partial charge in [-0.1, -0.05) is 30.3 Å². The zero-order valence-electron chi connectivity index (χ0n) is 14.3. The predicted octanol–water partition coefficient (Wildman–Crippen LogP) is 3.85. The van der Waals surface area contributed by atoms with Gasteiger partial charge >= 0.3 is 0 Å². The van der Waals surface area contributed by atoms with Crippen LogP contribution in [0.2, 0.25) is 0 Å². The van der Waals surface area contributed by atoms with Crippen molar-refractivity contribution >= 4 is 17.2 Å². The maximum atomic E-state index is 12.5. The van der Waals surface area contributed by atoms with Crippen LogP contribution in [0.4, 0.5) is 0 Å². The first-order valence-electron chi connectivity index (χ1n) is 8.80. The molecule has 2 heterocycles. The zero-order chi connectivity index (χ0) is 16.8. The van der Waals surface area contributed by atoms with Crippen LogP contribution in [0.1, 0.15) is 41.3 Å². The Morgan fingerprint density at radius 1 is 1.33 bits per heavy atom. The van der Waals surface area contributed by atoms with Crippen LogP contribution in [0.5, 0.6) is 0 Å². The number of amides is 1. The summed E-state index contributed by atoms with van der Waals surface area (Å²) in [6.45, 7) is 4.28. The summed E-state index contributed by atoms with van der Waals surface area (Å²) in [5.41, 5.74) is 2.52. The van der Waals surface area contributed by atoms with Crippen LogP contribution in [0, 0.1) is 12.8 Å². The first-order chi connectivity index (χ1) is 11.7. The van der Waals surface area contributed by atoms with E-state index < -0.39 is 0 Å². The van der Waals surface area contributed by atoms with Crippen LogP contribution in [-0.2, 0) is 11.2 Å². The van der Waals surface area contributed by atoms with E-state index in [0.29, 0.717) is 12.3 Å². The fourth-order valence-electron chi connectivity index (χ4n) is 3.36. The molecule has 24 heavy (non-hydrogen) atoms. The van der Waals surface area contributed by atoms with Gasteiger partial charge in [-0.2, -0.15) is 0 Å². The molecule has 0 saturated carbocycles. The SMILES string of the molecule is Cc1ccsc1C(Cc1ccccc1)NC(=O)CCC1CCNC1. The van der Waals surface area contributed by atoms with Gasteiger partial charge < -0.3 is 10.6 Å². The topological polar surface area (TPSA) is 41.1 Å². The molecule has 0 spiro atoms. The third kappa shape index (κ3) is 4.68. The smallest absolute Gasteiger partial charge is 0.220 e. The maximum absolute atomic E-state index is 12.5. The number of nitrogens with one attached hydrogen (secondary N) is 2. The Morgan fingerprint density at radius 3 is 2.83 bits per heavy atom. The molecule has 2 unspecified atom stereocenters. The molecule has 1 aromatic carbocycles. The third-order valence-corrected chi connectivity index (χ3v) is 5.91. The third-order valence-electron chi connectivity index (χ3n) is 4.78. The van der Waals surface area contributed by atoms with Gasteiger partial charge in [-0.3, -0.25) is 4.79 Å². The van der Waals surface area contributed by atoms with Gasteiger partial charge in [0.2, 0.25) is 5.91 Å². The van der Waals surface area contributed by atoms with Crippen molar-refractivity contribution in [3.8, 4) is 0 Å². The van der Waals surface area contributed by atoms with Gasteiger partial charge in [-0.25, -0.2) is 0 Å². The number of carbonyl (C=O) groups excluding carboxylic acids is 1. The Kier molecular flexibility index (Phi) is 6.05. The fourth-order valence-corrected chi connectivity index (χ4v) is 4.34. The van der Waals surface area contributed by atoms with E-state index in [2.05, 4.69) is 53.3 Å². The average Bonchev–Trinajstić information content (AvgIpc) is 3.25. The average molecular weight is 343 g/mol. The number of benzene rings is 1. The van der Waals surface area contributed by atoms with Crippen molar-refractivity contribution in [2.24, 2.45) is 5.92 Å². The summed E-state index contributed by atoms with van der Waals surface area (Å²) in [5.74, 6) is 0.836. The molecule has 1 amide bonds. The Balaban J connectivity index is 1.63. The Morgan fingerprint density at radius 2 is 2.17 bits per heavy atom. The van der Waals surface area contributed by atoms with E-state index in [-0.39, 0.29) is 11.9 Å². The molecule has 1 aliphatic rings. The summed E-state index contributed by atoms with van der Waals surface area (Å²) in [4.78, 5) is 13.8. The van der Waals surface area contributed by atoms with Crippen molar-refractivity contribution in [3.63, 3.8) is 0 Å². The largest absolute Gasteiger partial charge is 0.348 e. The number of carbonyl (C=O) groups is 1. The second kappa shape index (κ2) is 8.45. The molecule has 1 fully saturated rings. The molecule has 2 atom stereocenters. The highest BCUT2D eigenvalue weighted by molar-refractivity contribution is 7.10. The van der Waals surface area contributed by atoms with Gasteiger partial charge in [0.15, 0.2) is 0 Å². The second-order valence-electron chi connectivity index (χ2n) is 6.68.